The molecule has 0 unspecified atom stereocenters. The number of esters is 1. The fourth-order valence-corrected chi connectivity index (χ4v) is 3.31. The summed E-state index contributed by atoms with van der Waals surface area (Å²) in [5.41, 5.74) is 3.32. The second kappa shape index (κ2) is 9.01. The van der Waals surface area contributed by atoms with E-state index >= 15 is 0 Å². The number of H-pyrrole nitrogens is 1. The number of benzene rings is 1. The number of nitrogens with zero attached hydrogens (tertiary/aromatic N) is 3. The number of aromatic nitrogens is 2. The number of aromatic amines is 1. The summed E-state index contributed by atoms with van der Waals surface area (Å²) in [5.74, 6) is 0.246. The lowest BCUT2D eigenvalue weighted by Gasteiger charge is -2.28. The first-order valence-corrected chi connectivity index (χ1v) is 10.4. The van der Waals surface area contributed by atoms with Crippen LogP contribution in [0.3, 0.4) is 0 Å². The highest BCUT2D eigenvalue weighted by Crippen LogP contribution is 2.36. The number of aryl methyl sites for hydroxylation is 2. The van der Waals surface area contributed by atoms with E-state index in [0.717, 1.165) is 22.5 Å². The molecule has 3 rings (SSSR count). The molecule has 0 amide bonds. The van der Waals surface area contributed by atoms with Crippen LogP contribution in [0.5, 0.6) is 0 Å². The van der Waals surface area contributed by atoms with Crippen LogP contribution in [-0.2, 0) is 14.3 Å². The van der Waals surface area contributed by atoms with E-state index in [0.29, 0.717) is 38.4 Å². The van der Waals surface area contributed by atoms with Gasteiger partial charge in [-0.05, 0) is 64.3 Å². The summed E-state index contributed by atoms with van der Waals surface area (Å²) < 4.78 is 11.1. The zero-order chi connectivity index (χ0) is 22.8. The average Bonchev–Trinajstić information content (AvgIpc) is 2.64. The van der Waals surface area contributed by atoms with E-state index in [1.54, 1.807) is 0 Å². The first-order chi connectivity index (χ1) is 14.5. The summed E-state index contributed by atoms with van der Waals surface area (Å²) >= 11 is 0. The van der Waals surface area contributed by atoms with Crippen molar-refractivity contribution in [3.05, 3.63) is 44.5 Å². The molecule has 2 aromatic rings. The lowest BCUT2D eigenvalue weighted by atomic mass is 10.1. The Morgan fingerprint density at radius 3 is 2.61 bits per heavy atom. The monoisotopic (exact) mass is 426 g/mol. The fourth-order valence-electron chi connectivity index (χ4n) is 3.31. The molecule has 0 bridgehead atoms. The molecule has 166 valence electrons. The Bertz CT molecular complexity index is 1150. The fraction of sp³-hybridized carbons (Fsp3) is 0.478. The molecule has 0 spiro atoms. The minimum atomic E-state index is -0.480. The zero-order valence-corrected chi connectivity index (χ0v) is 18.9. The molecule has 1 aliphatic rings. The second-order valence-corrected chi connectivity index (χ2v) is 8.68. The minimum absolute atomic E-state index is 0.228. The summed E-state index contributed by atoms with van der Waals surface area (Å²) in [5, 5.41) is 0.271. The van der Waals surface area contributed by atoms with Gasteiger partial charge in [-0.15, -0.1) is 0 Å². The highest BCUT2D eigenvalue weighted by molar-refractivity contribution is 5.77. The summed E-state index contributed by atoms with van der Waals surface area (Å²) in [6.07, 6.45) is 0.891. The number of hydrogen-bond acceptors (Lipinski definition) is 7. The van der Waals surface area contributed by atoms with Crippen molar-refractivity contribution in [3.8, 4) is 0 Å². The first kappa shape index (κ1) is 22.7. The summed E-state index contributed by atoms with van der Waals surface area (Å²) in [7, 11) is 0. The topological polar surface area (TPSA) is 96.9 Å². The van der Waals surface area contributed by atoms with E-state index in [1.165, 1.54) is 0 Å². The maximum absolute atomic E-state index is 12.4. The van der Waals surface area contributed by atoms with Crippen molar-refractivity contribution in [2.45, 2.75) is 53.1 Å². The van der Waals surface area contributed by atoms with Crippen LogP contribution in [0.4, 0.5) is 17.2 Å². The van der Waals surface area contributed by atoms with Crippen LogP contribution < -0.4 is 21.3 Å². The standard InChI is InChI=1S/C23H30N4O4/c1-14-12-17-18(13-15(14)2)27(21-20(26-17)22(29)25-16(3)24-21)9-11-30-10-7-8-19(28)31-23(4,5)6/h12-13H,3,7-11H2,1-2,4-6H3,(H,25,29). The molecule has 1 N–H and O–H groups in total. The Morgan fingerprint density at radius 1 is 1.19 bits per heavy atom. The van der Waals surface area contributed by atoms with Gasteiger partial charge in [0, 0.05) is 19.6 Å². The SMILES string of the molecule is C=c1nc2c(c(=O)[nH]1)=Nc1cc(C)c(C)cc1N2CCOCCCC(=O)OC(C)(C)C. The molecule has 0 saturated heterocycles. The van der Waals surface area contributed by atoms with Gasteiger partial charge in [0.05, 0.1) is 18.0 Å². The highest BCUT2D eigenvalue weighted by atomic mass is 16.6. The maximum Gasteiger partial charge on any atom is 0.306 e. The largest absolute Gasteiger partial charge is 0.460 e. The molecular weight excluding hydrogens is 396 g/mol. The normalized spacial score (nSPS) is 12.7. The minimum Gasteiger partial charge on any atom is -0.460 e. The summed E-state index contributed by atoms with van der Waals surface area (Å²) in [6, 6.07) is 4.02. The number of ether oxygens (including phenoxy) is 2. The van der Waals surface area contributed by atoms with Gasteiger partial charge in [0.15, 0.2) is 11.2 Å². The number of hydrogen-bond donors (Lipinski definition) is 1. The molecule has 8 nitrogen and oxygen atoms in total. The zero-order valence-electron chi connectivity index (χ0n) is 18.9. The van der Waals surface area contributed by atoms with Crippen LogP contribution in [0.1, 0.15) is 44.7 Å². The van der Waals surface area contributed by atoms with Crippen molar-refractivity contribution in [1.82, 2.24) is 9.97 Å². The van der Waals surface area contributed by atoms with Crippen LogP contribution in [-0.4, -0.2) is 41.3 Å². The van der Waals surface area contributed by atoms with Gasteiger partial charge < -0.3 is 19.4 Å². The molecule has 1 aliphatic heterocycles. The third-order valence-corrected chi connectivity index (χ3v) is 4.84. The Kier molecular flexibility index (Phi) is 6.59. The van der Waals surface area contributed by atoms with Crippen molar-refractivity contribution in [2.24, 2.45) is 4.99 Å². The molecule has 0 saturated carbocycles. The van der Waals surface area contributed by atoms with Crippen LogP contribution >= 0.6 is 0 Å². The number of carbonyl (C=O) groups is 1. The predicted molar refractivity (Wildman–Crippen MR) is 120 cm³/mol. The van der Waals surface area contributed by atoms with Gasteiger partial charge in [-0.2, -0.15) is 0 Å². The lowest BCUT2D eigenvalue weighted by Crippen LogP contribution is -2.43. The van der Waals surface area contributed by atoms with Crippen LogP contribution in [0, 0.1) is 13.8 Å². The van der Waals surface area contributed by atoms with Gasteiger partial charge in [-0.25, -0.2) is 9.98 Å². The molecule has 1 aromatic heterocycles. The lowest BCUT2D eigenvalue weighted by molar-refractivity contribution is -0.155. The predicted octanol–water partition coefficient (Wildman–Crippen LogP) is 2.34. The molecular formula is C23H30N4O4. The third kappa shape index (κ3) is 5.58. The highest BCUT2D eigenvalue weighted by Gasteiger charge is 2.23. The third-order valence-electron chi connectivity index (χ3n) is 4.84. The van der Waals surface area contributed by atoms with Gasteiger partial charge >= 0.3 is 5.97 Å². The van der Waals surface area contributed by atoms with Crippen LogP contribution in [0.2, 0.25) is 0 Å². The molecule has 0 fully saturated rings. The van der Waals surface area contributed by atoms with E-state index in [-0.39, 0.29) is 22.4 Å². The van der Waals surface area contributed by atoms with Crippen molar-refractivity contribution in [2.75, 3.05) is 24.7 Å². The molecule has 0 radical (unpaired) electrons. The molecule has 8 heteroatoms. The number of carbonyl (C=O) groups excluding carboxylic acids is 1. The Hall–Kier alpha value is -3.00. The quantitative estimate of drug-likeness (QED) is 0.539. The Morgan fingerprint density at radius 2 is 1.90 bits per heavy atom. The average molecular weight is 427 g/mol. The number of rotatable bonds is 7. The first-order valence-electron chi connectivity index (χ1n) is 10.4. The van der Waals surface area contributed by atoms with E-state index < -0.39 is 5.60 Å². The van der Waals surface area contributed by atoms with Gasteiger partial charge in [-0.1, -0.05) is 6.58 Å². The van der Waals surface area contributed by atoms with Crippen LogP contribution in [0.25, 0.3) is 6.58 Å². The van der Waals surface area contributed by atoms with Crippen molar-refractivity contribution in [1.29, 1.82) is 0 Å². The second-order valence-electron chi connectivity index (χ2n) is 8.68. The summed E-state index contributed by atoms with van der Waals surface area (Å²) in [6.45, 7) is 14.7. The molecule has 0 atom stereocenters. The van der Waals surface area contributed by atoms with Gasteiger partial charge in [0.25, 0.3) is 5.56 Å². The number of fused-ring (bicyclic) bond motifs is 2. The van der Waals surface area contributed by atoms with Gasteiger partial charge in [0.1, 0.15) is 11.1 Å². The molecule has 0 aliphatic carbocycles. The molecule has 31 heavy (non-hydrogen) atoms. The van der Waals surface area contributed by atoms with Gasteiger partial charge in [-0.3, -0.25) is 9.59 Å². The molecule has 2 heterocycles. The van der Waals surface area contributed by atoms with E-state index in [9.17, 15) is 9.59 Å². The molecule has 1 aromatic carbocycles. The van der Waals surface area contributed by atoms with Crippen LogP contribution in [0.15, 0.2) is 21.9 Å². The van der Waals surface area contributed by atoms with E-state index in [1.807, 2.05) is 51.7 Å². The van der Waals surface area contributed by atoms with Crippen molar-refractivity contribution < 1.29 is 14.3 Å². The van der Waals surface area contributed by atoms with Gasteiger partial charge in [0.2, 0.25) is 0 Å². The summed E-state index contributed by atoms with van der Waals surface area (Å²) in [4.78, 5) is 37.8. The number of nitrogens with one attached hydrogen (secondary N) is 1. The number of anilines is 2. The maximum atomic E-state index is 12.4. The van der Waals surface area contributed by atoms with E-state index in [2.05, 4.69) is 21.5 Å². The van der Waals surface area contributed by atoms with E-state index in [4.69, 9.17) is 9.47 Å². The van der Waals surface area contributed by atoms with Crippen molar-refractivity contribution in [3.63, 3.8) is 0 Å². The smallest absolute Gasteiger partial charge is 0.306 e. The van der Waals surface area contributed by atoms with Crippen molar-refractivity contribution >= 4 is 29.7 Å². The Labute approximate surface area is 181 Å². The Balaban J connectivity index is 1.70.